The molecule has 0 aliphatic carbocycles. The maximum absolute atomic E-state index is 11.7. The second kappa shape index (κ2) is 8.42. The fourth-order valence-electron chi connectivity index (χ4n) is 2.31. The van der Waals surface area contributed by atoms with Gasteiger partial charge in [-0.05, 0) is 55.0 Å². The number of carbonyl (C=O) groups is 1. The first-order valence-corrected chi connectivity index (χ1v) is 9.14. The quantitative estimate of drug-likeness (QED) is 0.564. The van der Waals surface area contributed by atoms with Crippen LogP contribution in [0.15, 0.2) is 36.4 Å². The summed E-state index contributed by atoms with van der Waals surface area (Å²) in [6.45, 7) is 4.29. The van der Waals surface area contributed by atoms with Crippen molar-refractivity contribution in [2.24, 2.45) is 0 Å². The van der Waals surface area contributed by atoms with E-state index in [-0.39, 0.29) is 6.61 Å². The molecule has 0 aromatic heterocycles. The number of hydrogen-bond donors (Lipinski definition) is 1. The molecule has 2 aromatic carbocycles. The number of nitrogens with zero attached hydrogens (tertiary/aromatic N) is 1. The SMILES string of the molecule is CCc1ccc(OCc2cc(Cl)ccc2N(O)C(=O)SC)c(C)c1. The Hall–Kier alpha value is -1.69. The minimum atomic E-state index is -0.470. The van der Waals surface area contributed by atoms with Crippen LogP contribution in [0.1, 0.15) is 23.6 Å². The number of benzene rings is 2. The number of thioether (sulfide) groups is 1. The second-order valence-electron chi connectivity index (χ2n) is 5.30. The summed E-state index contributed by atoms with van der Waals surface area (Å²) in [5.41, 5.74) is 3.28. The Kier molecular flexibility index (Phi) is 6.54. The van der Waals surface area contributed by atoms with Crippen LogP contribution in [-0.4, -0.2) is 16.7 Å². The molecule has 128 valence electrons. The summed E-state index contributed by atoms with van der Waals surface area (Å²) in [6.07, 6.45) is 2.58. The van der Waals surface area contributed by atoms with Gasteiger partial charge in [0.15, 0.2) is 0 Å². The van der Waals surface area contributed by atoms with Crippen LogP contribution in [0.4, 0.5) is 10.5 Å². The zero-order chi connectivity index (χ0) is 17.7. The van der Waals surface area contributed by atoms with Gasteiger partial charge in [0.05, 0.1) is 5.69 Å². The number of anilines is 1. The van der Waals surface area contributed by atoms with E-state index >= 15 is 0 Å². The van der Waals surface area contributed by atoms with Crippen molar-refractivity contribution in [3.8, 4) is 5.75 Å². The van der Waals surface area contributed by atoms with Crippen molar-refractivity contribution in [2.45, 2.75) is 26.9 Å². The van der Waals surface area contributed by atoms with E-state index in [0.717, 1.165) is 29.5 Å². The lowest BCUT2D eigenvalue weighted by Gasteiger charge is -2.18. The summed E-state index contributed by atoms with van der Waals surface area (Å²) in [4.78, 5) is 11.7. The van der Waals surface area contributed by atoms with E-state index in [1.165, 1.54) is 5.56 Å². The van der Waals surface area contributed by atoms with Crippen LogP contribution in [0.2, 0.25) is 5.02 Å². The summed E-state index contributed by atoms with van der Waals surface area (Å²) in [7, 11) is 0. The van der Waals surface area contributed by atoms with E-state index in [0.29, 0.717) is 21.3 Å². The lowest BCUT2D eigenvalue weighted by atomic mass is 10.1. The summed E-state index contributed by atoms with van der Waals surface area (Å²) >= 11 is 6.97. The Bertz CT molecular complexity index is 736. The van der Waals surface area contributed by atoms with Crippen molar-refractivity contribution < 1.29 is 14.7 Å². The molecule has 1 amide bonds. The van der Waals surface area contributed by atoms with E-state index in [1.807, 2.05) is 19.1 Å². The van der Waals surface area contributed by atoms with Gasteiger partial charge in [-0.3, -0.25) is 10.0 Å². The Morgan fingerprint density at radius 3 is 2.67 bits per heavy atom. The molecule has 0 unspecified atom stereocenters. The molecule has 2 aromatic rings. The third kappa shape index (κ3) is 4.44. The van der Waals surface area contributed by atoms with E-state index in [4.69, 9.17) is 16.3 Å². The van der Waals surface area contributed by atoms with Crippen LogP contribution in [0, 0.1) is 6.92 Å². The normalized spacial score (nSPS) is 10.5. The fourth-order valence-corrected chi connectivity index (χ4v) is 2.78. The summed E-state index contributed by atoms with van der Waals surface area (Å²) in [5.74, 6) is 0.763. The van der Waals surface area contributed by atoms with Gasteiger partial charge in [-0.15, -0.1) is 0 Å². The fraction of sp³-hybridized carbons (Fsp3) is 0.278. The van der Waals surface area contributed by atoms with E-state index in [2.05, 4.69) is 13.0 Å². The first-order valence-electron chi connectivity index (χ1n) is 7.54. The highest BCUT2D eigenvalue weighted by atomic mass is 35.5. The predicted molar refractivity (Wildman–Crippen MR) is 99.5 cm³/mol. The summed E-state index contributed by atoms with van der Waals surface area (Å²) in [6, 6.07) is 11.0. The molecule has 6 heteroatoms. The van der Waals surface area contributed by atoms with Crippen molar-refractivity contribution in [1.29, 1.82) is 0 Å². The number of hydroxylamine groups is 1. The smallest absolute Gasteiger partial charge is 0.309 e. The minimum absolute atomic E-state index is 0.195. The molecule has 0 bridgehead atoms. The Labute approximate surface area is 151 Å². The van der Waals surface area contributed by atoms with Crippen molar-refractivity contribution in [2.75, 3.05) is 11.3 Å². The highest BCUT2D eigenvalue weighted by Crippen LogP contribution is 2.28. The molecule has 0 spiro atoms. The maximum Gasteiger partial charge on any atom is 0.309 e. The lowest BCUT2D eigenvalue weighted by Crippen LogP contribution is -2.23. The van der Waals surface area contributed by atoms with Gasteiger partial charge >= 0.3 is 5.24 Å². The maximum atomic E-state index is 11.7. The van der Waals surface area contributed by atoms with Gasteiger partial charge in [0.1, 0.15) is 12.4 Å². The van der Waals surface area contributed by atoms with Crippen molar-refractivity contribution in [3.05, 3.63) is 58.1 Å². The van der Waals surface area contributed by atoms with Crippen molar-refractivity contribution in [3.63, 3.8) is 0 Å². The van der Waals surface area contributed by atoms with Gasteiger partial charge in [-0.2, -0.15) is 5.06 Å². The number of rotatable bonds is 5. The molecule has 24 heavy (non-hydrogen) atoms. The minimum Gasteiger partial charge on any atom is -0.489 e. The second-order valence-corrected chi connectivity index (χ2v) is 6.49. The number of aryl methyl sites for hydroxylation is 2. The highest BCUT2D eigenvalue weighted by Gasteiger charge is 2.17. The standard InChI is InChI=1S/C18H20ClNO3S/c1-4-13-5-8-17(12(2)9-13)23-11-14-10-15(19)6-7-16(14)20(22)18(21)24-3/h5-10,22H,4,11H2,1-3H3. The first-order chi connectivity index (χ1) is 11.5. The molecular weight excluding hydrogens is 346 g/mol. The topological polar surface area (TPSA) is 49.8 Å². The Morgan fingerprint density at radius 1 is 1.29 bits per heavy atom. The molecule has 0 fully saturated rings. The van der Waals surface area contributed by atoms with Gasteiger partial charge in [0, 0.05) is 10.6 Å². The van der Waals surface area contributed by atoms with Gasteiger partial charge in [0.2, 0.25) is 0 Å². The van der Waals surface area contributed by atoms with Crippen LogP contribution in [0.5, 0.6) is 5.75 Å². The number of halogens is 1. The van der Waals surface area contributed by atoms with Gasteiger partial charge in [-0.25, -0.2) is 0 Å². The van der Waals surface area contributed by atoms with Crippen LogP contribution in [-0.2, 0) is 13.0 Å². The van der Waals surface area contributed by atoms with E-state index in [1.54, 1.807) is 24.5 Å². The molecule has 0 saturated heterocycles. The molecule has 2 rings (SSSR count). The Morgan fingerprint density at radius 2 is 2.04 bits per heavy atom. The van der Waals surface area contributed by atoms with Gasteiger partial charge < -0.3 is 4.74 Å². The number of hydrogen-bond acceptors (Lipinski definition) is 4. The predicted octanol–water partition coefficient (Wildman–Crippen LogP) is 5.47. The zero-order valence-electron chi connectivity index (χ0n) is 13.9. The summed E-state index contributed by atoms with van der Waals surface area (Å²) in [5, 5.41) is 10.7. The van der Waals surface area contributed by atoms with Crippen LogP contribution in [0.3, 0.4) is 0 Å². The van der Waals surface area contributed by atoms with Crippen molar-refractivity contribution >= 4 is 34.3 Å². The van der Waals surface area contributed by atoms with Crippen molar-refractivity contribution in [1.82, 2.24) is 0 Å². The number of amides is 1. The molecule has 0 saturated carbocycles. The zero-order valence-corrected chi connectivity index (χ0v) is 15.4. The first kappa shape index (κ1) is 18.6. The molecule has 0 heterocycles. The van der Waals surface area contributed by atoms with Crippen LogP contribution in [0.25, 0.3) is 0 Å². The van der Waals surface area contributed by atoms with E-state index < -0.39 is 5.24 Å². The molecular formula is C18H20ClNO3S. The molecule has 0 atom stereocenters. The largest absolute Gasteiger partial charge is 0.489 e. The molecule has 0 aliphatic rings. The lowest BCUT2D eigenvalue weighted by molar-refractivity contribution is 0.223. The molecule has 1 N–H and O–H groups in total. The third-order valence-electron chi connectivity index (χ3n) is 3.65. The summed E-state index contributed by atoms with van der Waals surface area (Å²) < 4.78 is 5.87. The Balaban J connectivity index is 2.23. The number of carbonyl (C=O) groups excluding carboxylic acids is 1. The van der Waals surface area contributed by atoms with Crippen LogP contribution < -0.4 is 9.80 Å². The number of ether oxygens (including phenoxy) is 1. The average Bonchev–Trinajstić information content (AvgIpc) is 2.59. The molecule has 0 radical (unpaired) electrons. The highest BCUT2D eigenvalue weighted by molar-refractivity contribution is 8.13. The third-order valence-corrected chi connectivity index (χ3v) is 4.41. The average molecular weight is 366 g/mol. The van der Waals surface area contributed by atoms with Crippen LogP contribution >= 0.6 is 23.4 Å². The monoisotopic (exact) mass is 365 g/mol. The molecule has 4 nitrogen and oxygen atoms in total. The molecule has 0 aliphatic heterocycles. The van der Waals surface area contributed by atoms with Gasteiger partial charge in [-0.1, -0.05) is 42.4 Å². The van der Waals surface area contributed by atoms with E-state index in [9.17, 15) is 10.0 Å². The van der Waals surface area contributed by atoms with Gasteiger partial charge in [0.25, 0.3) is 0 Å².